The van der Waals surface area contributed by atoms with Crippen molar-refractivity contribution in [2.75, 3.05) is 6.61 Å². The minimum absolute atomic E-state index is 0.272. The van der Waals surface area contributed by atoms with Gasteiger partial charge in [-0.05, 0) is 29.7 Å². The second-order valence-electron chi connectivity index (χ2n) is 3.78. The lowest BCUT2D eigenvalue weighted by atomic mass is 10.0. The summed E-state index contributed by atoms with van der Waals surface area (Å²) < 4.78 is 5.40. The summed E-state index contributed by atoms with van der Waals surface area (Å²) >= 11 is 0. The van der Waals surface area contributed by atoms with Gasteiger partial charge in [-0.2, -0.15) is 0 Å². The first-order chi connectivity index (χ1) is 7.59. The zero-order valence-electron chi connectivity index (χ0n) is 9.51. The van der Waals surface area contributed by atoms with Crippen molar-refractivity contribution in [3.63, 3.8) is 0 Å². The Balaban J connectivity index is 2.54. The first kappa shape index (κ1) is 12.3. The van der Waals surface area contributed by atoms with E-state index in [1.807, 2.05) is 24.3 Å². The molecule has 0 bridgehead atoms. The molecule has 3 nitrogen and oxygen atoms in total. The third-order valence-electron chi connectivity index (χ3n) is 2.13. The molecule has 86 valence electrons. The maximum absolute atomic E-state index is 10.2. The van der Waals surface area contributed by atoms with E-state index in [1.165, 1.54) is 11.6 Å². The van der Waals surface area contributed by atoms with Crippen LogP contribution in [0.3, 0.4) is 0 Å². The van der Waals surface area contributed by atoms with Crippen molar-refractivity contribution in [3.8, 4) is 5.75 Å². The maximum atomic E-state index is 10.2. The predicted molar refractivity (Wildman–Crippen MR) is 62.8 cm³/mol. The van der Waals surface area contributed by atoms with Crippen molar-refractivity contribution in [1.29, 1.82) is 0 Å². The Hall–Kier alpha value is -1.77. The Bertz CT molecular complexity index is 381. The Morgan fingerprint density at radius 1 is 1.50 bits per heavy atom. The van der Waals surface area contributed by atoms with Gasteiger partial charge in [0.25, 0.3) is 0 Å². The fraction of sp³-hybridized carbons (Fsp3) is 0.308. The van der Waals surface area contributed by atoms with Crippen LogP contribution >= 0.6 is 0 Å². The highest BCUT2D eigenvalue weighted by molar-refractivity contribution is 5.79. The second kappa shape index (κ2) is 5.95. The topological polar surface area (TPSA) is 46.5 Å². The Morgan fingerprint density at radius 2 is 2.25 bits per heavy atom. The molecule has 1 aromatic carbocycles. The van der Waals surface area contributed by atoms with Gasteiger partial charge < -0.3 is 9.84 Å². The molecule has 0 radical (unpaired) electrons. The van der Waals surface area contributed by atoms with E-state index in [4.69, 9.17) is 9.84 Å². The Kier molecular flexibility index (Phi) is 4.58. The van der Waals surface area contributed by atoms with Gasteiger partial charge in [0.2, 0.25) is 0 Å². The molecule has 0 aliphatic rings. The lowest BCUT2D eigenvalue weighted by molar-refractivity contribution is -0.131. The molecule has 1 aromatic rings. The van der Waals surface area contributed by atoms with Crippen LogP contribution in [0.4, 0.5) is 0 Å². The van der Waals surface area contributed by atoms with E-state index in [0.29, 0.717) is 5.92 Å². The molecule has 0 saturated heterocycles. The first-order valence-electron chi connectivity index (χ1n) is 5.22. The van der Waals surface area contributed by atoms with E-state index in [2.05, 4.69) is 13.8 Å². The molecule has 0 aliphatic heterocycles. The molecular formula is C13H16O3. The molecule has 0 spiro atoms. The monoisotopic (exact) mass is 220 g/mol. The SMILES string of the molecule is CC(C)c1cccc(OC/C=C/C(=O)O)c1. The van der Waals surface area contributed by atoms with Crippen LogP contribution in [-0.4, -0.2) is 17.7 Å². The van der Waals surface area contributed by atoms with Crippen molar-refractivity contribution in [3.05, 3.63) is 42.0 Å². The second-order valence-corrected chi connectivity index (χ2v) is 3.78. The number of benzene rings is 1. The molecule has 0 amide bonds. The number of rotatable bonds is 5. The summed E-state index contributed by atoms with van der Waals surface area (Å²) in [6.45, 7) is 4.50. The molecule has 0 aliphatic carbocycles. The van der Waals surface area contributed by atoms with Crippen LogP contribution in [0.1, 0.15) is 25.3 Å². The van der Waals surface area contributed by atoms with Crippen LogP contribution in [0.25, 0.3) is 0 Å². The van der Waals surface area contributed by atoms with Gasteiger partial charge in [0.15, 0.2) is 0 Å². The molecule has 0 fully saturated rings. The van der Waals surface area contributed by atoms with E-state index in [-0.39, 0.29) is 6.61 Å². The van der Waals surface area contributed by atoms with Crippen LogP contribution < -0.4 is 4.74 Å². The summed E-state index contributed by atoms with van der Waals surface area (Å²) in [5.41, 5.74) is 1.21. The third-order valence-corrected chi connectivity index (χ3v) is 2.13. The van der Waals surface area contributed by atoms with Crippen LogP contribution in [0.15, 0.2) is 36.4 Å². The Morgan fingerprint density at radius 3 is 2.88 bits per heavy atom. The first-order valence-corrected chi connectivity index (χ1v) is 5.22. The molecule has 1 N–H and O–H groups in total. The van der Waals surface area contributed by atoms with E-state index < -0.39 is 5.97 Å². The van der Waals surface area contributed by atoms with Gasteiger partial charge in [-0.1, -0.05) is 26.0 Å². The molecule has 16 heavy (non-hydrogen) atoms. The minimum atomic E-state index is -0.959. The minimum Gasteiger partial charge on any atom is -0.490 e. The van der Waals surface area contributed by atoms with Gasteiger partial charge >= 0.3 is 5.97 Å². The molecule has 0 atom stereocenters. The molecule has 0 saturated carbocycles. The fourth-order valence-electron chi connectivity index (χ4n) is 1.26. The van der Waals surface area contributed by atoms with Crippen LogP contribution in [0.2, 0.25) is 0 Å². The lowest BCUT2D eigenvalue weighted by Crippen LogP contribution is -1.96. The number of carboxylic acid groups (broad SMARTS) is 1. The summed E-state index contributed by atoms with van der Waals surface area (Å²) in [7, 11) is 0. The highest BCUT2D eigenvalue weighted by Gasteiger charge is 2.00. The van der Waals surface area contributed by atoms with E-state index >= 15 is 0 Å². The molecule has 1 rings (SSSR count). The van der Waals surface area contributed by atoms with E-state index in [0.717, 1.165) is 11.8 Å². The highest BCUT2D eigenvalue weighted by Crippen LogP contribution is 2.19. The largest absolute Gasteiger partial charge is 0.490 e. The van der Waals surface area contributed by atoms with Crippen LogP contribution in [-0.2, 0) is 4.79 Å². The number of hydrogen-bond acceptors (Lipinski definition) is 2. The molecule has 0 unspecified atom stereocenters. The van der Waals surface area contributed by atoms with Gasteiger partial charge in [-0.15, -0.1) is 0 Å². The number of carboxylic acids is 1. The fourth-order valence-corrected chi connectivity index (χ4v) is 1.26. The standard InChI is InChI=1S/C13H16O3/c1-10(2)11-5-3-6-12(9-11)16-8-4-7-13(14)15/h3-7,9-10H,8H2,1-2H3,(H,14,15)/b7-4+. The van der Waals surface area contributed by atoms with E-state index in [1.54, 1.807) is 0 Å². The molecule has 0 aromatic heterocycles. The maximum Gasteiger partial charge on any atom is 0.328 e. The number of ether oxygens (including phenoxy) is 1. The molecule has 0 heterocycles. The normalized spacial score (nSPS) is 10.9. The summed E-state index contributed by atoms with van der Waals surface area (Å²) in [5.74, 6) is 0.263. The van der Waals surface area contributed by atoms with Crippen LogP contribution in [0.5, 0.6) is 5.75 Å². The zero-order chi connectivity index (χ0) is 12.0. The van der Waals surface area contributed by atoms with Gasteiger partial charge in [0, 0.05) is 6.08 Å². The average molecular weight is 220 g/mol. The summed E-state index contributed by atoms with van der Waals surface area (Å²) in [6, 6.07) is 7.82. The quantitative estimate of drug-likeness (QED) is 0.776. The third kappa shape index (κ3) is 4.17. The number of carbonyl (C=O) groups is 1. The summed E-state index contributed by atoms with van der Waals surface area (Å²) in [4.78, 5) is 10.2. The van der Waals surface area contributed by atoms with Crippen molar-refractivity contribution < 1.29 is 14.6 Å². The summed E-state index contributed by atoms with van der Waals surface area (Å²) in [6.07, 6.45) is 2.55. The van der Waals surface area contributed by atoms with Crippen molar-refractivity contribution in [2.24, 2.45) is 0 Å². The summed E-state index contributed by atoms with van der Waals surface area (Å²) in [5, 5.41) is 8.39. The molecule has 3 heteroatoms. The number of aliphatic carboxylic acids is 1. The van der Waals surface area contributed by atoms with Crippen LogP contribution in [0, 0.1) is 0 Å². The Labute approximate surface area is 95.4 Å². The molecular weight excluding hydrogens is 204 g/mol. The van der Waals surface area contributed by atoms with Gasteiger partial charge in [0.1, 0.15) is 12.4 Å². The average Bonchev–Trinajstić information content (AvgIpc) is 2.24. The van der Waals surface area contributed by atoms with Crippen molar-refractivity contribution in [1.82, 2.24) is 0 Å². The van der Waals surface area contributed by atoms with Gasteiger partial charge in [-0.25, -0.2) is 4.79 Å². The van der Waals surface area contributed by atoms with Gasteiger partial charge in [-0.3, -0.25) is 0 Å². The number of hydrogen-bond donors (Lipinski definition) is 1. The predicted octanol–water partition coefficient (Wildman–Crippen LogP) is 2.83. The zero-order valence-corrected chi connectivity index (χ0v) is 9.51. The van der Waals surface area contributed by atoms with Crippen molar-refractivity contribution >= 4 is 5.97 Å². The van der Waals surface area contributed by atoms with Crippen molar-refractivity contribution in [2.45, 2.75) is 19.8 Å². The smallest absolute Gasteiger partial charge is 0.328 e. The van der Waals surface area contributed by atoms with Gasteiger partial charge in [0.05, 0.1) is 0 Å². The highest BCUT2D eigenvalue weighted by atomic mass is 16.5. The lowest BCUT2D eigenvalue weighted by Gasteiger charge is -2.08. The van der Waals surface area contributed by atoms with E-state index in [9.17, 15) is 4.79 Å².